The second-order valence-corrected chi connectivity index (χ2v) is 7.67. The molecule has 25 heavy (non-hydrogen) atoms. The molecular formula is C20H28N2O3. The number of anilines is 1. The second kappa shape index (κ2) is 7.06. The van der Waals surface area contributed by atoms with Crippen LogP contribution in [0.25, 0.3) is 0 Å². The molecule has 2 amide bonds. The number of rotatable bonds is 5. The van der Waals surface area contributed by atoms with Gasteiger partial charge in [0.2, 0.25) is 11.8 Å². The fourth-order valence-corrected chi connectivity index (χ4v) is 3.35. The van der Waals surface area contributed by atoms with Gasteiger partial charge in [-0.3, -0.25) is 9.59 Å². The minimum Gasteiger partial charge on any atom is -0.489 e. The maximum absolute atomic E-state index is 12.9. The molecule has 0 atom stereocenters. The molecule has 0 bridgehead atoms. The van der Waals surface area contributed by atoms with Crippen molar-refractivity contribution in [3.63, 3.8) is 0 Å². The third-order valence-electron chi connectivity index (χ3n) is 5.16. The van der Waals surface area contributed by atoms with E-state index in [0.717, 1.165) is 25.9 Å². The summed E-state index contributed by atoms with van der Waals surface area (Å²) >= 11 is 0. The van der Waals surface area contributed by atoms with Crippen LogP contribution in [0, 0.1) is 11.3 Å². The van der Waals surface area contributed by atoms with Gasteiger partial charge in [-0.25, -0.2) is 0 Å². The van der Waals surface area contributed by atoms with Gasteiger partial charge in [0.1, 0.15) is 11.2 Å². The molecule has 1 N–H and O–H groups in total. The van der Waals surface area contributed by atoms with E-state index in [1.165, 1.54) is 0 Å². The third-order valence-corrected chi connectivity index (χ3v) is 5.16. The standard InChI is InChI=1S/C20H28N2O3/c1-14(2)25-17-7-5-4-6-16(17)21-18(23)20(10-11-20)19(24)22-12-8-15(3)9-13-22/h4-7,14-15H,8-13H2,1-3H3,(H,21,23). The number of ether oxygens (including phenoxy) is 1. The maximum atomic E-state index is 12.9. The minimum absolute atomic E-state index is 0.000779. The summed E-state index contributed by atoms with van der Waals surface area (Å²) in [4.78, 5) is 27.7. The van der Waals surface area contributed by atoms with Crippen LogP contribution in [-0.2, 0) is 9.59 Å². The van der Waals surface area contributed by atoms with Crippen LogP contribution in [-0.4, -0.2) is 35.9 Å². The smallest absolute Gasteiger partial charge is 0.240 e. The van der Waals surface area contributed by atoms with Gasteiger partial charge >= 0.3 is 0 Å². The molecule has 3 rings (SSSR count). The molecule has 1 aliphatic carbocycles. The number of nitrogens with one attached hydrogen (secondary N) is 1. The van der Waals surface area contributed by atoms with E-state index < -0.39 is 5.41 Å². The fraction of sp³-hybridized carbons (Fsp3) is 0.600. The van der Waals surface area contributed by atoms with Crippen LogP contribution in [0.5, 0.6) is 5.75 Å². The quantitative estimate of drug-likeness (QED) is 0.832. The summed E-state index contributed by atoms with van der Waals surface area (Å²) in [7, 11) is 0. The predicted octanol–water partition coefficient (Wildman–Crippen LogP) is 3.45. The minimum atomic E-state index is -0.870. The number of nitrogens with zero attached hydrogens (tertiary/aromatic N) is 1. The Labute approximate surface area is 149 Å². The van der Waals surface area contributed by atoms with Gasteiger partial charge in [-0.1, -0.05) is 19.1 Å². The highest BCUT2D eigenvalue weighted by molar-refractivity contribution is 6.13. The Bertz CT molecular complexity index is 644. The molecule has 5 nitrogen and oxygen atoms in total. The van der Waals surface area contributed by atoms with E-state index >= 15 is 0 Å². The van der Waals surface area contributed by atoms with Gasteiger partial charge in [0.15, 0.2) is 0 Å². The number of hydrogen-bond donors (Lipinski definition) is 1. The number of carbonyl (C=O) groups excluding carboxylic acids is 2. The zero-order valence-corrected chi connectivity index (χ0v) is 15.4. The van der Waals surface area contributed by atoms with Crippen LogP contribution in [0.1, 0.15) is 46.5 Å². The first-order chi connectivity index (χ1) is 11.9. The van der Waals surface area contributed by atoms with Crippen molar-refractivity contribution >= 4 is 17.5 Å². The summed E-state index contributed by atoms with van der Waals surface area (Å²) in [5.74, 6) is 1.10. The van der Waals surface area contributed by atoms with Gasteiger partial charge in [-0.2, -0.15) is 0 Å². The molecular weight excluding hydrogens is 316 g/mol. The Morgan fingerprint density at radius 2 is 1.84 bits per heavy atom. The maximum Gasteiger partial charge on any atom is 0.240 e. The van der Waals surface area contributed by atoms with Gasteiger partial charge in [0, 0.05) is 13.1 Å². The van der Waals surface area contributed by atoms with E-state index in [-0.39, 0.29) is 17.9 Å². The summed E-state index contributed by atoms with van der Waals surface area (Å²) in [6, 6.07) is 7.39. The Hall–Kier alpha value is -2.04. The van der Waals surface area contributed by atoms with Gasteiger partial charge in [-0.15, -0.1) is 0 Å². The van der Waals surface area contributed by atoms with Crippen LogP contribution in [0.15, 0.2) is 24.3 Å². The van der Waals surface area contributed by atoms with E-state index in [1.807, 2.05) is 43.0 Å². The van der Waals surface area contributed by atoms with Crippen LogP contribution in [0.3, 0.4) is 0 Å². The van der Waals surface area contributed by atoms with E-state index in [9.17, 15) is 9.59 Å². The molecule has 1 aromatic rings. The molecule has 0 unspecified atom stereocenters. The van der Waals surface area contributed by atoms with Crippen LogP contribution < -0.4 is 10.1 Å². The first kappa shape index (κ1) is 17.8. The average molecular weight is 344 g/mol. The molecule has 0 aromatic heterocycles. The van der Waals surface area contributed by atoms with Crippen molar-refractivity contribution in [1.82, 2.24) is 4.90 Å². The third kappa shape index (κ3) is 3.80. The van der Waals surface area contributed by atoms with E-state index in [2.05, 4.69) is 12.2 Å². The van der Waals surface area contributed by atoms with E-state index in [4.69, 9.17) is 4.74 Å². The highest BCUT2D eigenvalue weighted by Gasteiger charge is 2.58. The summed E-state index contributed by atoms with van der Waals surface area (Å²) in [6.07, 6.45) is 3.33. The molecule has 1 aromatic carbocycles. The Balaban J connectivity index is 1.70. The van der Waals surface area contributed by atoms with Gasteiger partial charge < -0.3 is 15.0 Å². The van der Waals surface area contributed by atoms with Crippen molar-refractivity contribution in [2.45, 2.75) is 52.6 Å². The number of benzene rings is 1. The Morgan fingerprint density at radius 1 is 1.20 bits per heavy atom. The molecule has 1 aliphatic heterocycles. The first-order valence-corrected chi connectivity index (χ1v) is 9.29. The van der Waals surface area contributed by atoms with Crippen molar-refractivity contribution in [3.05, 3.63) is 24.3 Å². The summed E-state index contributed by atoms with van der Waals surface area (Å²) < 4.78 is 5.76. The van der Waals surface area contributed by atoms with Gasteiger partial charge in [-0.05, 0) is 57.6 Å². The van der Waals surface area contributed by atoms with Crippen molar-refractivity contribution in [3.8, 4) is 5.75 Å². The zero-order valence-electron chi connectivity index (χ0n) is 15.4. The number of piperidine rings is 1. The Kier molecular flexibility index (Phi) is 5.02. The predicted molar refractivity (Wildman–Crippen MR) is 97.5 cm³/mol. The number of para-hydroxylation sites is 2. The average Bonchev–Trinajstić information content (AvgIpc) is 3.38. The fourth-order valence-electron chi connectivity index (χ4n) is 3.35. The highest BCUT2D eigenvalue weighted by atomic mass is 16.5. The molecule has 0 radical (unpaired) electrons. The van der Waals surface area contributed by atoms with Gasteiger partial charge in [0.05, 0.1) is 11.8 Å². The molecule has 136 valence electrons. The highest BCUT2D eigenvalue weighted by Crippen LogP contribution is 2.49. The van der Waals surface area contributed by atoms with Gasteiger partial charge in [0.25, 0.3) is 0 Å². The van der Waals surface area contributed by atoms with E-state index in [0.29, 0.717) is 30.2 Å². The van der Waals surface area contributed by atoms with E-state index in [1.54, 1.807) is 0 Å². The molecule has 5 heteroatoms. The second-order valence-electron chi connectivity index (χ2n) is 7.67. The summed E-state index contributed by atoms with van der Waals surface area (Å²) in [5, 5.41) is 2.94. The Morgan fingerprint density at radius 3 is 2.44 bits per heavy atom. The zero-order chi connectivity index (χ0) is 18.0. The van der Waals surface area contributed by atoms with Crippen LogP contribution in [0.2, 0.25) is 0 Å². The monoisotopic (exact) mass is 344 g/mol. The van der Waals surface area contributed by atoms with Crippen LogP contribution in [0.4, 0.5) is 5.69 Å². The molecule has 0 spiro atoms. The lowest BCUT2D eigenvalue weighted by molar-refractivity contribution is -0.143. The van der Waals surface area contributed by atoms with Crippen LogP contribution >= 0.6 is 0 Å². The van der Waals surface area contributed by atoms with Crippen molar-refractivity contribution in [1.29, 1.82) is 0 Å². The largest absolute Gasteiger partial charge is 0.489 e. The molecule has 2 aliphatic rings. The normalized spacial score (nSPS) is 19.6. The lowest BCUT2D eigenvalue weighted by Crippen LogP contribution is -2.46. The summed E-state index contributed by atoms with van der Waals surface area (Å²) in [5.41, 5.74) is -0.238. The van der Waals surface area contributed by atoms with Crippen molar-refractivity contribution in [2.24, 2.45) is 11.3 Å². The lowest BCUT2D eigenvalue weighted by atomic mass is 9.96. The number of hydrogen-bond acceptors (Lipinski definition) is 3. The summed E-state index contributed by atoms with van der Waals surface area (Å²) in [6.45, 7) is 7.64. The first-order valence-electron chi connectivity index (χ1n) is 9.29. The SMILES string of the molecule is CC1CCN(C(=O)C2(C(=O)Nc3ccccc3OC(C)C)CC2)CC1. The molecule has 1 heterocycles. The number of carbonyl (C=O) groups is 2. The lowest BCUT2D eigenvalue weighted by Gasteiger charge is -2.32. The topological polar surface area (TPSA) is 58.6 Å². The molecule has 2 fully saturated rings. The van der Waals surface area contributed by atoms with Crippen molar-refractivity contribution in [2.75, 3.05) is 18.4 Å². The van der Waals surface area contributed by atoms with Crippen molar-refractivity contribution < 1.29 is 14.3 Å². The molecule has 1 saturated carbocycles. The number of amides is 2. The number of likely N-dealkylation sites (tertiary alicyclic amines) is 1. The molecule has 1 saturated heterocycles.